The van der Waals surface area contributed by atoms with E-state index in [1.165, 1.54) is 13.3 Å². The SMILES string of the molecule is COC(=O)c1cnc(N)c(-c2cc(Cl)cc(Cl)c2)c1. The minimum atomic E-state index is -0.484. The van der Waals surface area contributed by atoms with Crippen LogP contribution >= 0.6 is 23.2 Å². The van der Waals surface area contributed by atoms with E-state index in [1.807, 2.05) is 0 Å². The molecule has 0 atom stereocenters. The van der Waals surface area contributed by atoms with Gasteiger partial charge in [-0.2, -0.15) is 0 Å². The Bertz CT molecular complexity index is 624. The molecule has 0 aliphatic heterocycles. The molecule has 2 aromatic rings. The van der Waals surface area contributed by atoms with Gasteiger partial charge < -0.3 is 10.5 Å². The minimum Gasteiger partial charge on any atom is -0.465 e. The van der Waals surface area contributed by atoms with Gasteiger partial charge in [-0.05, 0) is 29.8 Å². The number of nitrogen functional groups attached to an aromatic ring is 1. The second kappa shape index (κ2) is 5.47. The molecule has 0 unspecified atom stereocenters. The zero-order valence-electron chi connectivity index (χ0n) is 9.98. The van der Waals surface area contributed by atoms with E-state index in [-0.39, 0.29) is 5.82 Å². The Kier molecular flexibility index (Phi) is 3.93. The standard InChI is InChI=1S/C13H10Cl2N2O2/c1-19-13(18)8-4-11(12(16)17-6-8)7-2-9(14)5-10(15)3-7/h2-6H,1H3,(H2,16,17). The van der Waals surface area contributed by atoms with Crippen molar-refractivity contribution in [3.63, 3.8) is 0 Å². The second-order valence-electron chi connectivity index (χ2n) is 3.81. The highest BCUT2D eigenvalue weighted by Gasteiger charge is 2.12. The number of pyridine rings is 1. The summed E-state index contributed by atoms with van der Waals surface area (Å²) in [6.45, 7) is 0. The van der Waals surface area contributed by atoms with Gasteiger partial charge in [0.25, 0.3) is 0 Å². The Balaban J connectivity index is 2.57. The van der Waals surface area contributed by atoms with Crippen LogP contribution in [0.2, 0.25) is 10.0 Å². The smallest absolute Gasteiger partial charge is 0.339 e. The van der Waals surface area contributed by atoms with Gasteiger partial charge >= 0.3 is 5.97 Å². The van der Waals surface area contributed by atoms with Crippen LogP contribution < -0.4 is 5.73 Å². The molecular formula is C13H10Cl2N2O2. The lowest BCUT2D eigenvalue weighted by atomic mass is 10.0. The second-order valence-corrected chi connectivity index (χ2v) is 4.68. The number of methoxy groups -OCH3 is 1. The van der Waals surface area contributed by atoms with Gasteiger partial charge in [0, 0.05) is 21.8 Å². The van der Waals surface area contributed by atoms with E-state index in [9.17, 15) is 4.79 Å². The van der Waals surface area contributed by atoms with Gasteiger partial charge in [-0.25, -0.2) is 9.78 Å². The van der Waals surface area contributed by atoms with Crippen LogP contribution in [0, 0.1) is 0 Å². The Labute approximate surface area is 120 Å². The number of carbonyl (C=O) groups excluding carboxylic acids is 1. The fraction of sp³-hybridized carbons (Fsp3) is 0.0769. The van der Waals surface area contributed by atoms with Crippen molar-refractivity contribution in [2.75, 3.05) is 12.8 Å². The third-order valence-corrected chi connectivity index (χ3v) is 2.95. The highest BCUT2D eigenvalue weighted by atomic mass is 35.5. The van der Waals surface area contributed by atoms with Crippen LogP contribution in [0.3, 0.4) is 0 Å². The van der Waals surface area contributed by atoms with Crippen LogP contribution in [0.5, 0.6) is 0 Å². The number of esters is 1. The number of halogens is 2. The molecule has 1 aromatic carbocycles. The quantitative estimate of drug-likeness (QED) is 0.862. The Hall–Kier alpha value is -1.78. The number of aromatic nitrogens is 1. The van der Waals surface area contributed by atoms with E-state index < -0.39 is 5.97 Å². The van der Waals surface area contributed by atoms with Crippen LogP contribution in [-0.4, -0.2) is 18.1 Å². The molecule has 0 bridgehead atoms. The number of carbonyl (C=O) groups is 1. The first-order valence-corrected chi connectivity index (χ1v) is 6.07. The summed E-state index contributed by atoms with van der Waals surface area (Å²) in [5.74, 6) is -0.201. The number of nitrogens with two attached hydrogens (primary N) is 1. The summed E-state index contributed by atoms with van der Waals surface area (Å²) in [6.07, 6.45) is 1.36. The van der Waals surface area contributed by atoms with Crippen molar-refractivity contribution in [1.29, 1.82) is 0 Å². The molecule has 1 aromatic heterocycles. The highest BCUT2D eigenvalue weighted by molar-refractivity contribution is 6.35. The maximum atomic E-state index is 11.5. The molecule has 0 fully saturated rings. The van der Waals surface area contributed by atoms with Crippen molar-refractivity contribution in [1.82, 2.24) is 4.98 Å². The van der Waals surface area contributed by atoms with Crippen LogP contribution in [0.1, 0.15) is 10.4 Å². The van der Waals surface area contributed by atoms with Gasteiger partial charge in [0.1, 0.15) is 5.82 Å². The van der Waals surface area contributed by atoms with Gasteiger partial charge in [-0.15, -0.1) is 0 Å². The molecule has 0 spiro atoms. The Morgan fingerprint density at radius 1 is 1.21 bits per heavy atom. The van der Waals surface area contributed by atoms with E-state index in [4.69, 9.17) is 28.9 Å². The normalized spacial score (nSPS) is 10.3. The first-order chi connectivity index (χ1) is 9.01. The summed E-state index contributed by atoms with van der Waals surface area (Å²) in [4.78, 5) is 15.5. The summed E-state index contributed by atoms with van der Waals surface area (Å²) in [7, 11) is 1.30. The fourth-order valence-corrected chi connectivity index (χ4v) is 2.17. The Morgan fingerprint density at radius 2 is 1.84 bits per heavy atom. The predicted octanol–water partition coefficient (Wildman–Crippen LogP) is 3.42. The maximum absolute atomic E-state index is 11.5. The van der Waals surface area contributed by atoms with Gasteiger partial charge in [-0.3, -0.25) is 0 Å². The summed E-state index contributed by atoms with van der Waals surface area (Å²) in [5, 5.41) is 0.954. The van der Waals surface area contributed by atoms with Crippen LogP contribution in [0.25, 0.3) is 11.1 Å². The first-order valence-electron chi connectivity index (χ1n) is 5.31. The zero-order chi connectivity index (χ0) is 14.0. The third kappa shape index (κ3) is 2.97. The number of rotatable bonds is 2. The number of anilines is 1. The monoisotopic (exact) mass is 296 g/mol. The van der Waals surface area contributed by atoms with Crippen LogP contribution in [-0.2, 0) is 4.74 Å². The lowest BCUT2D eigenvalue weighted by Gasteiger charge is -2.08. The average molecular weight is 297 g/mol. The third-order valence-electron chi connectivity index (χ3n) is 2.51. The molecule has 4 nitrogen and oxygen atoms in total. The zero-order valence-corrected chi connectivity index (χ0v) is 11.5. The fourth-order valence-electron chi connectivity index (χ4n) is 1.65. The van der Waals surface area contributed by atoms with E-state index in [0.29, 0.717) is 26.7 Å². The summed E-state index contributed by atoms with van der Waals surface area (Å²) in [5.41, 5.74) is 7.39. The number of benzene rings is 1. The van der Waals surface area contributed by atoms with Crippen LogP contribution in [0.4, 0.5) is 5.82 Å². The number of hydrogen-bond acceptors (Lipinski definition) is 4. The molecule has 1 heterocycles. The van der Waals surface area contributed by atoms with Crippen molar-refractivity contribution in [2.45, 2.75) is 0 Å². The summed E-state index contributed by atoms with van der Waals surface area (Å²) in [6, 6.07) is 6.60. The molecule has 0 saturated carbocycles. The number of hydrogen-bond donors (Lipinski definition) is 1. The average Bonchev–Trinajstić information content (AvgIpc) is 2.37. The largest absolute Gasteiger partial charge is 0.465 e. The minimum absolute atomic E-state index is 0.283. The molecule has 19 heavy (non-hydrogen) atoms. The van der Waals surface area contributed by atoms with Crippen molar-refractivity contribution >= 4 is 35.0 Å². The highest BCUT2D eigenvalue weighted by Crippen LogP contribution is 2.30. The van der Waals surface area contributed by atoms with Gasteiger partial charge in [-0.1, -0.05) is 23.2 Å². The molecule has 0 aliphatic carbocycles. The lowest BCUT2D eigenvalue weighted by molar-refractivity contribution is 0.0600. The molecule has 6 heteroatoms. The molecule has 98 valence electrons. The Morgan fingerprint density at radius 3 is 2.42 bits per heavy atom. The number of nitrogens with zero attached hydrogens (tertiary/aromatic N) is 1. The molecule has 0 amide bonds. The lowest BCUT2D eigenvalue weighted by Crippen LogP contribution is -2.04. The molecule has 0 radical (unpaired) electrons. The van der Waals surface area contributed by atoms with Gasteiger partial charge in [0.2, 0.25) is 0 Å². The first kappa shape index (κ1) is 13.6. The summed E-state index contributed by atoms with van der Waals surface area (Å²) >= 11 is 11.9. The predicted molar refractivity (Wildman–Crippen MR) is 75.4 cm³/mol. The maximum Gasteiger partial charge on any atom is 0.339 e. The van der Waals surface area contributed by atoms with E-state index in [0.717, 1.165) is 0 Å². The molecular weight excluding hydrogens is 287 g/mol. The van der Waals surface area contributed by atoms with Crippen LogP contribution in [0.15, 0.2) is 30.5 Å². The summed E-state index contributed by atoms with van der Waals surface area (Å²) < 4.78 is 4.64. The number of ether oxygens (including phenoxy) is 1. The van der Waals surface area contributed by atoms with Gasteiger partial charge in [0.05, 0.1) is 12.7 Å². The van der Waals surface area contributed by atoms with Crippen molar-refractivity contribution < 1.29 is 9.53 Å². The van der Waals surface area contributed by atoms with E-state index >= 15 is 0 Å². The van der Waals surface area contributed by atoms with Crippen molar-refractivity contribution in [3.05, 3.63) is 46.1 Å². The molecule has 0 aliphatic rings. The van der Waals surface area contributed by atoms with Crippen molar-refractivity contribution in [3.8, 4) is 11.1 Å². The van der Waals surface area contributed by atoms with Gasteiger partial charge in [0.15, 0.2) is 0 Å². The van der Waals surface area contributed by atoms with E-state index in [2.05, 4.69) is 9.72 Å². The molecule has 2 rings (SSSR count). The van der Waals surface area contributed by atoms with Crippen molar-refractivity contribution in [2.24, 2.45) is 0 Å². The molecule has 0 saturated heterocycles. The molecule has 2 N–H and O–H groups in total. The van der Waals surface area contributed by atoms with E-state index in [1.54, 1.807) is 24.3 Å². The topological polar surface area (TPSA) is 65.2 Å².